The third-order valence-corrected chi connectivity index (χ3v) is 7.03. The standard InChI is InChI=1S/C21H21F4NOS.C4H8F2.CH2O2/c22-15-5-7-16(8-6-15)26-9-2-10-28-20-12-19(27-13-14-3-1-4-14)17(11-18(20)26)21(23,24)25;1-3-4(2,5)6;2-1-3/h5-8,11-12,14H,1-4,9-10,13H2;3H2,1-2H3;1H,(H,2,3). The average Bonchev–Trinajstić information content (AvgIpc) is 3.00. The third-order valence-electron chi connectivity index (χ3n) is 5.90. The summed E-state index contributed by atoms with van der Waals surface area (Å²) in [7, 11) is 0. The molecule has 0 aromatic heterocycles. The van der Waals surface area contributed by atoms with Gasteiger partial charge in [0.15, 0.2) is 0 Å². The molecule has 1 saturated carbocycles. The second-order valence-electron chi connectivity index (χ2n) is 8.78. The molecule has 2 aliphatic rings. The van der Waals surface area contributed by atoms with Crippen molar-refractivity contribution in [1.82, 2.24) is 0 Å². The highest BCUT2D eigenvalue weighted by molar-refractivity contribution is 7.99. The van der Waals surface area contributed by atoms with Gasteiger partial charge in [0.1, 0.15) is 11.6 Å². The molecule has 1 N–H and O–H groups in total. The van der Waals surface area contributed by atoms with Gasteiger partial charge >= 0.3 is 6.18 Å². The molecule has 0 atom stereocenters. The number of fused-ring (bicyclic) bond motifs is 1. The second-order valence-corrected chi connectivity index (χ2v) is 9.92. The average molecular weight is 552 g/mol. The quantitative estimate of drug-likeness (QED) is 0.299. The van der Waals surface area contributed by atoms with Crippen LogP contribution in [0, 0.1) is 11.7 Å². The Morgan fingerprint density at radius 3 is 2.19 bits per heavy atom. The summed E-state index contributed by atoms with van der Waals surface area (Å²) in [6, 6.07) is 8.57. The van der Waals surface area contributed by atoms with Crippen molar-refractivity contribution < 1.29 is 41.0 Å². The van der Waals surface area contributed by atoms with E-state index in [9.17, 15) is 26.3 Å². The highest BCUT2D eigenvalue weighted by Crippen LogP contribution is 2.46. The van der Waals surface area contributed by atoms with Crippen LogP contribution in [0.25, 0.3) is 0 Å². The zero-order chi connectivity index (χ0) is 27.6. The lowest BCUT2D eigenvalue weighted by Crippen LogP contribution is -2.22. The zero-order valence-corrected chi connectivity index (χ0v) is 21.5. The zero-order valence-electron chi connectivity index (χ0n) is 20.7. The summed E-state index contributed by atoms with van der Waals surface area (Å²) in [6.45, 7) is 3.02. The van der Waals surface area contributed by atoms with Crippen LogP contribution in [0.15, 0.2) is 41.3 Å². The Morgan fingerprint density at radius 2 is 1.70 bits per heavy atom. The minimum atomic E-state index is -4.50. The van der Waals surface area contributed by atoms with Gasteiger partial charge in [-0.1, -0.05) is 13.3 Å². The number of hydrogen-bond acceptors (Lipinski definition) is 4. The molecule has 1 aliphatic heterocycles. The van der Waals surface area contributed by atoms with Gasteiger partial charge in [-0.25, -0.2) is 13.2 Å². The van der Waals surface area contributed by atoms with Crippen LogP contribution in [0.2, 0.25) is 0 Å². The molecular formula is C26H31F6NO3S. The molecule has 4 nitrogen and oxygen atoms in total. The van der Waals surface area contributed by atoms with E-state index >= 15 is 0 Å². The van der Waals surface area contributed by atoms with Gasteiger partial charge < -0.3 is 14.7 Å². The largest absolute Gasteiger partial charge is 0.493 e. The Kier molecular flexibility index (Phi) is 11.5. The van der Waals surface area contributed by atoms with Gasteiger partial charge in [-0.3, -0.25) is 4.79 Å². The van der Waals surface area contributed by atoms with Crippen molar-refractivity contribution in [2.75, 3.05) is 23.8 Å². The van der Waals surface area contributed by atoms with Gasteiger partial charge in [-0.15, -0.1) is 11.8 Å². The summed E-state index contributed by atoms with van der Waals surface area (Å²) < 4.78 is 83.1. The molecule has 206 valence electrons. The minimum absolute atomic E-state index is 0.0625. The number of rotatable bonds is 5. The molecule has 37 heavy (non-hydrogen) atoms. The summed E-state index contributed by atoms with van der Waals surface area (Å²) in [5.41, 5.74) is 0.430. The lowest BCUT2D eigenvalue weighted by Gasteiger charge is -2.28. The number of anilines is 2. The number of halogens is 6. The lowest BCUT2D eigenvalue weighted by molar-refractivity contribution is -0.139. The van der Waals surface area contributed by atoms with Gasteiger partial charge in [0.2, 0.25) is 5.92 Å². The van der Waals surface area contributed by atoms with Gasteiger partial charge in [0, 0.05) is 23.5 Å². The van der Waals surface area contributed by atoms with E-state index in [1.54, 1.807) is 12.1 Å². The molecule has 2 aromatic rings. The fraction of sp³-hybridized carbons (Fsp3) is 0.500. The molecule has 0 amide bonds. The first-order valence-electron chi connectivity index (χ1n) is 11.9. The summed E-state index contributed by atoms with van der Waals surface area (Å²) in [6.07, 6.45) is -0.607. The fourth-order valence-corrected chi connectivity index (χ4v) is 4.50. The van der Waals surface area contributed by atoms with E-state index < -0.39 is 17.7 Å². The number of thioether (sulfide) groups is 1. The summed E-state index contributed by atoms with van der Waals surface area (Å²) in [5, 5.41) is 6.89. The molecular weight excluding hydrogens is 520 g/mol. The molecule has 4 rings (SSSR count). The normalized spacial score (nSPS) is 15.6. The van der Waals surface area contributed by atoms with E-state index in [-0.39, 0.29) is 24.5 Å². The molecule has 1 aliphatic carbocycles. The van der Waals surface area contributed by atoms with Crippen molar-refractivity contribution in [3.63, 3.8) is 0 Å². The highest BCUT2D eigenvalue weighted by atomic mass is 32.2. The Labute approximate surface area is 217 Å². The van der Waals surface area contributed by atoms with Crippen LogP contribution in [0.5, 0.6) is 5.75 Å². The van der Waals surface area contributed by atoms with Crippen LogP contribution in [0.3, 0.4) is 0 Å². The first-order chi connectivity index (χ1) is 17.4. The summed E-state index contributed by atoms with van der Waals surface area (Å²) >= 11 is 1.54. The predicted molar refractivity (Wildman–Crippen MR) is 133 cm³/mol. The molecule has 0 bridgehead atoms. The number of nitrogens with zero attached hydrogens (tertiary/aromatic N) is 1. The van der Waals surface area contributed by atoms with E-state index in [0.29, 0.717) is 30.4 Å². The van der Waals surface area contributed by atoms with Crippen molar-refractivity contribution in [3.8, 4) is 5.75 Å². The number of alkyl halides is 5. The minimum Gasteiger partial charge on any atom is -0.493 e. The Hall–Kier alpha value is -2.56. The maximum absolute atomic E-state index is 13.8. The summed E-state index contributed by atoms with van der Waals surface area (Å²) in [5.74, 6) is -1.77. The number of carbonyl (C=O) groups is 1. The maximum atomic E-state index is 13.8. The number of ether oxygens (including phenoxy) is 1. The molecule has 2 aromatic carbocycles. The van der Waals surface area contributed by atoms with Crippen molar-refractivity contribution in [3.05, 3.63) is 47.8 Å². The molecule has 11 heteroatoms. The molecule has 0 saturated heterocycles. The first-order valence-corrected chi connectivity index (χ1v) is 12.9. The van der Waals surface area contributed by atoms with Crippen molar-refractivity contribution in [1.29, 1.82) is 0 Å². The van der Waals surface area contributed by atoms with Crippen LogP contribution >= 0.6 is 11.8 Å². The lowest BCUT2D eigenvalue weighted by atomic mass is 9.86. The topological polar surface area (TPSA) is 49.8 Å². The third kappa shape index (κ3) is 9.68. The van der Waals surface area contributed by atoms with E-state index in [1.807, 2.05) is 4.90 Å². The van der Waals surface area contributed by atoms with Crippen LogP contribution in [-0.2, 0) is 11.0 Å². The molecule has 0 unspecified atom stereocenters. The molecule has 1 heterocycles. The highest BCUT2D eigenvalue weighted by Gasteiger charge is 2.37. The Bertz CT molecular complexity index is 992. The van der Waals surface area contributed by atoms with Gasteiger partial charge in [0.05, 0.1) is 17.9 Å². The fourth-order valence-electron chi connectivity index (χ4n) is 3.50. The van der Waals surface area contributed by atoms with E-state index in [0.717, 1.165) is 43.3 Å². The molecule has 0 radical (unpaired) electrons. The number of benzene rings is 2. The number of hydrogen-bond donors (Lipinski definition) is 1. The Balaban J connectivity index is 0.000000464. The van der Waals surface area contributed by atoms with E-state index in [2.05, 4.69) is 0 Å². The first kappa shape index (κ1) is 30.7. The Morgan fingerprint density at radius 1 is 1.11 bits per heavy atom. The SMILES string of the molecule is CCC(C)(F)F.Fc1ccc(N2CCCSc3cc(OCC4CCC4)c(C(F)(F)F)cc32)cc1.O=CO. The maximum Gasteiger partial charge on any atom is 0.420 e. The van der Waals surface area contributed by atoms with Crippen LogP contribution in [-0.4, -0.2) is 36.4 Å². The van der Waals surface area contributed by atoms with Gasteiger partial charge in [-0.05, 0) is 74.3 Å². The van der Waals surface area contributed by atoms with E-state index in [1.165, 1.54) is 43.0 Å². The van der Waals surface area contributed by atoms with Crippen molar-refractivity contribution in [2.24, 2.45) is 5.92 Å². The van der Waals surface area contributed by atoms with Crippen molar-refractivity contribution in [2.45, 2.75) is 62.9 Å². The monoisotopic (exact) mass is 551 g/mol. The van der Waals surface area contributed by atoms with Gasteiger partial charge in [0.25, 0.3) is 6.47 Å². The molecule has 0 spiro atoms. The predicted octanol–water partition coefficient (Wildman–Crippen LogP) is 8.41. The molecule has 1 fully saturated rings. The van der Waals surface area contributed by atoms with Crippen LogP contribution in [0.1, 0.15) is 51.5 Å². The number of carboxylic acid groups (broad SMARTS) is 1. The van der Waals surface area contributed by atoms with Crippen LogP contribution in [0.4, 0.5) is 37.7 Å². The summed E-state index contributed by atoms with van der Waals surface area (Å²) in [4.78, 5) is 11.0. The van der Waals surface area contributed by atoms with Crippen molar-refractivity contribution >= 4 is 29.6 Å². The van der Waals surface area contributed by atoms with E-state index in [4.69, 9.17) is 14.6 Å². The van der Waals surface area contributed by atoms with Crippen LogP contribution < -0.4 is 9.64 Å². The second kappa shape index (κ2) is 13.8. The smallest absolute Gasteiger partial charge is 0.420 e. The van der Waals surface area contributed by atoms with Gasteiger partial charge in [-0.2, -0.15) is 13.2 Å².